The second kappa shape index (κ2) is 12.0. The van der Waals surface area contributed by atoms with Crippen molar-refractivity contribution in [1.82, 2.24) is 4.57 Å². The summed E-state index contributed by atoms with van der Waals surface area (Å²) in [5.41, 5.74) is 6.21. The van der Waals surface area contributed by atoms with E-state index in [0.29, 0.717) is 11.4 Å². The smallest absolute Gasteiger partial charge is 0.189 e. The van der Waals surface area contributed by atoms with Gasteiger partial charge in [0.25, 0.3) is 0 Å². The minimum Gasteiger partial charge on any atom is -0.311 e. The van der Waals surface area contributed by atoms with Crippen LogP contribution in [0.4, 0.5) is 11.4 Å². The van der Waals surface area contributed by atoms with Gasteiger partial charge in [-0.15, -0.1) is 0 Å². The zero-order valence-electron chi connectivity index (χ0n) is 26.1. The maximum absolute atomic E-state index is 8.07. The van der Waals surface area contributed by atoms with E-state index < -0.39 is 8.07 Å². The molecule has 0 aliphatic heterocycles. The third kappa shape index (κ3) is 4.72. The van der Waals surface area contributed by atoms with Crippen molar-refractivity contribution in [1.29, 1.82) is 0 Å². The number of hydrogen-bond donors (Lipinski definition) is 0. The Balaban J connectivity index is 1.38. The molecule has 0 fully saturated rings. The Morgan fingerprint density at radius 3 is 1.58 bits per heavy atom. The van der Waals surface area contributed by atoms with Gasteiger partial charge in [0, 0.05) is 11.1 Å². The summed E-state index contributed by atoms with van der Waals surface area (Å²) in [7, 11) is -2.72. The number of fused-ring (bicyclic) bond motifs is 3. The molecule has 0 radical (unpaired) electrons. The van der Waals surface area contributed by atoms with Crippen LogP contribution in [0.1, 0.15) is 0 Å². The van der Waals surface area contributed by atoms with Crippen molar-refractivity contribution in [3.63, 3.8) is 0 Å². The molecule has 1 aromatic heterocycles. The molecule has 0 atom stereocenters. The molecule has 0 saturated heterocycles. The lowest BCUT2D eigenvalue weighted by Gasteiger charge is -2.34. The average molecular weight is 628 g/mol. The Hall–Kier alpha value is -6.46. The maximum atomic E-state index is 8.07. The molecular weight excluding hydrogens is 599 g/mol. The van der Waals surface area contributed by atoms with Gasteiger partial charge in [0.1, 0.15) is 0 Å². The molecule has 1 heterocycles. The molecule has 0 unspecified atom stereocenters. The highest BCUT2D eigenvalue weighted by molar-refractivity contribution is 7.19. The van der Waals surface area contributed by atoms with Gasteiger partial charge in [-0.25, -0.2) is 9.69 Å². The van der Waals surface area contributed by atoms with E-state index in [9.17, 15) is 0 Å². The molecule has 0 amide bonds. The Morgan fingerprint density at radius 1 is 0.396 bits per heavy atom. The summed E-state index contributed by atoms with van der Waals surface area (Å²) in [6.07, 6.45) is 0. The van der Waals surface area contributed by atoms with Gasteiger partial charge in [-0.3, -0.25) is 0 Å². The molecule has 8 rings (SSSR count). The fraction of sp³-hybridized carbons (Fsp3) is 0. The highest BCUT2D eigenvalue weighted by Gasteiger charge is 2.41. The van der Waals surface area contributed by atoms with Crippen LogP contribution in [0.2, 0.25) is 0 Å². The van der Waals surface area contributed by atoms with Gasteiger partial charge in [-0.1, -0.05) is 140 Å². The van der Waals surface area contributed by atoms with Gasteiger partial charge in [0.15, 0.2) is 19.4 Å². The van der Waals surface area contributed by atoms with Gasteiger partial charge < -0.3 is 4.57 Å². The molecule has 7 aromatic carbocycles. The highest BCUT2D eigenvalue weighted by atomic mass is 28.3. The normalized spacial score (nSPS) is 11.3. The molecule has 0 aliphatic rings. The van der Waals surface area contributed by atoms with Crippen molar-refractivity contribution >= 4 is 62.0 Å². The number of nitrogens with zero attached hydrogens (tertiary/aromatic N) is 3. The largest absolute Gasteiger partial charge is 0.311 e. The van der Waals surface area contributed by atoms with Crippen LogP contribution in [-0.4, -0.2) is 12.6 Å². The van der Waals surface area contributed by atoms with Crippen LogP contribution in [0.15, 0.2) is 176 Å². The summed E-state index contributed by atoms with van der Waals surface area (Å²) in [6, 6.07) is 62.0. The first-order valence-electron chi connectivity index (χ1n) is 15.9. The average Bonchev–Trinajstić information content (AvgIpc) is 3.50. The van der Waals surface area contributed by atoms with Crippen molar-refractivity contribution in [2.24, 2.45) is 0 Å². The molecule has 8 aromatic rings. The fourth-order valence-corrected chi connectivity index (χ4v) is 12.1. The van der Waals surface area contributed by atoms with Crippen molar-refractivity contribution in [3.8, 4) is 16.8 Å². The standard InChI is InChI=1S/C44H29N3Si/c1-45-34-25-26-44-42(31-34)41-23-12-13-24-43(41)47(44)36-28-33(27-35(30-36)46-2)32-15-14-22-40(29-32)48(37-16-6-3-7-17-37,38-18-8-4-9-19-38)39-20-10-5-11-21-39/h3-31H. The van der Waals surface area contributed by atoms with Crippen LogP contribution < -0.4 is 20.7 Å². The Bertz CT molecular complexity index is 2430. The molecule has 4 heteroatoms. The summed E-state index contributed by atoms with van der Waals surface area (Å²) in [5, 5.41) is 7.35. The van der Waals surface area contributed by atoms with Crippen LogP contribution in [-0.2, 0) is 0 Å². The zero-order chi connectivity index (χ0) is 32.5. The molecule has 48 heavy (non-hydrogen) atoms. The molecule has 0 saturated carbocycles. The van der Waals surface area contributed by atoms with Crippen LogP contribution in [0.25, 0.3) is 48.3 Å². The van der Waals surface area contributed by atoms with Gasteiger partial charge in [-0.05, 0) is 73.7 Å². The van der Waals surface area contributed by atoms with Gasteiger partial charge in [0.05, 0.1) is 24.2 Å². The third-order valence-corrected chi connectivity index (χ3v) is 14.1. The molecule has 0 bridgehead atoms. The molecule has 0 N–H and O–H groups in total. The SMILES string of the molecule is [C-]#[N+]c1cc(-c2cccc([Si](c3ccccc3)(c3ccccc3)c3ccccc3)c2)cc(-n2c3ccccc3c3cc([N+]#[C-])ccc32)c1. The maximum Gasteiger partial charge on any atom is 0.189 e. The number of para-hydroxylation sites is 1. The van der Waals surface area contributed by atoms with Crippen LogP contribution in [0.3, 0.4) is 0 Å². The quantitative estimate of drug-likeness (QED) is 0.0993. The first-order valence-corrected chi connectivity index (χ1v) is 17.9. The molecular formula is C44H29N3Si. The Labute approximate surface area is 281 Å². The van der Waals surface area contributed by atoms with E-state index in [1.807, 2.05) is 42.5 Å². The van der Waals surface area contributed by atoms with E-state index >= 15 is 0 Å². The summed E-state index contributed by atoms with van der Waals surface area (Å²) in [5.74, 6) is 0. The number of hydrogen-bond acceptors (Lipinski definition) is 0. The van der Waals surface area contributed by atoms with E-state index in [1.54, 1.807) is 0 Å². The highest BCUT2D eigenvalue weighted by Crippen LogP contribution is 2.37. The predicted octanol–water partition coefficient (Wildman–Crippen LogP) is 8.93. The van der Waals surface area contributed by atoms with Gasteiger partial charge in [-0.2, -0.15) is 0 Å². The molecule has 0 aliphatic carbocycles. The molecule has 0 spiro atoms. The third-order valence-electron chi connectivity index (χ3n) is 9.32. The topological polar surface area (TPSA) is 13.6 Å². The lowest BCUT2D eigenvalue weighted by atomic mass is 10.0. The van der Waals surface area contributed by atoms with Crippen molar-refractivity contribution in [2.75, 3.05) is 0 Å². The lowest BCUT2D eigenvalue weighted by Crippen LogP contribution is -2.74. The Morgan fingerprint density at radius 2 is 0.958 bits per heavy atom. The minimum atomic E-state index is -2.72. The zero-order valence-corrected chi connectivity index (χ0v) is 27.1. The predicted molar refractivity (Wildman–Crippen MR) is 202 cm³/mol. The van der Waals surface area contributed by atoms with Gasteiger partial charge >= 0.3 is 0 Å². The fourth-order valence-electron chi connectivity index (χ4n) is 7.26. The first kappa shape index (κ1) is 29.0. The summed E-state index contributed by atoms with van der Waals surface area (Å²) in [6.45, 7) is 15.7. The van der Waals surface area contributed by atoms with E-state index in [2.05, 4.69) is 148 Å². The molecule has 224 valence electrons. The van der Waals surface area contributed by atoms with E-state index in [1.165, 1.54) is 20.7 Å². The monoisotopic (exact) mass is 627 g/mol. The van der Waals surface area contributed by atoms with Crippen LogP contribution in [0, 0.1) is 13.1 Å². The van der Waals surface area contributed by atoms with E-state index in [4.69, 9.17) is 13.1 Å². The van der Waals surface area contributed by atoms with Crippen LogP contribution in [0.5, 0.6) is 0 Å². The second-order valence-corrected chi connectivity index (χ2v) is 15.8. The summed E-state index contributed by atoms with van der Waals surface area (Å²) in [4.78, 5) is 7.62. The van der Waals surface area contributed by atoms with Crippen LogP contribution >= 0.6 is 0 Å². The lowest BCUT2D eigenvalue weighted by molar-refractivity contribution is 1.18. The minimum absolute atomic E-state index is 0.578. The number of rotatable bonds is 6. The number of aromatic nitrogens is 1. The van der Waals surface area contributed by atoms with Crippen molar-refractivity contribution in [2.45, 2.75) is 0 Å². The number of benzene rings is 7. The van der Waals surface area contributed by atoms with E-state index in [0.717, 1.165) is 38.6 Å². The van der Waals surface area contributed by atoms with E-state index in [-0.39, 0.29) is 0 Å². The second-order valence-electron chi connectivity index (χ2n) is 11.9. The van der Waals surface area contributed by atoms with Gasteiger partial charge in [0.2, 0.25) is 0 Å². The molecule has 3 nitrogen and oxygen atoms in total. The van der Waals surface area contributed by atoms with Crippen molar-refractivity contribution < 1.29 is 0 Å². The Kier molecular flexibility index (Phi) is 7.27. The van der Waals surface area contributed by atoms with Crippen molar-refractivity contribution in [3.05, 3.63) is 199 Å². The first-order chi connectivity index (χ1) is 23.7. The summed E-state index contributed by atoms with van der Waals surface area (Å²) < 4.78 is 2.22. The summed E-state index contributed by atoms with van der Waals surface area (Å²) >= 11 is 0.